The van der Waals surface area contributed by atoms with Crippen molar-refractivity contribution in [1.29, 1.82) is 0 Å². The Labute approximate surface area is 194 Å². The van der Waals surface area contributed by atoms with Crippen molar-refractivity contribution < 1.29 is 14.3 Å². The van der Waals surface area contributed by atoms with Crippen LogP contribution in [0.15, 0.2) is 30.7 Å². The van der Waals surface area contributed by atoms with Gasteiger partial charge < -0.3 is 9.47 Å². The van der Waals surface area contributed by atoms with Gasteiger partial charge in [-0.1, -0.05) is 6.07 Å². The number of hydrogen-bond donors (Lipinski definition) is 0. The van der Waals surface area contributed by atoms with Gasteiger partial charge in [0.25, 0.3) is 0 Å². The first kappa shape index (κ1) is 22.5. The molecule has 3 aromatic heterocycles. The van der Waals surface area contributed by atoms with Crippen LogP contribution in [0.25, 0.3) is 28.1 Å². The van der Waals surface area contributed by atoms with Crippen LogP contribution in [-0.2, 0) is 11.8 Å². The van der Waals surface area contributed by atoms with Crippen molar-refractivity contribution in [3.63, 3.8) is 0 Å². The molecular weight excluding hydrogens is 448 g/mol. The molecule has 4 rings (SSSR count). The lowest BCUT2D eigenvalue weighted by Crippen LogP contribution is -2.34. The molecule has 0 radical (unpaired) electrons. The van der Waals surface area contributed by atoms with Gasteiger partial charge in [0.05, 0.1) is 18.1 Å². The zero-order chi connectivity index (χ0) is 23.9. The maximum Gasteiger partial charge on any atom is 0.415 e. The third-order valence-corrected chi connectivity index (χ3v) is 4.81. The number of rotatable bonds is 4. The van der Waals surface area contributed by atoms with Crippen LogP contribution >= 0.6 is 11.6 Å². The van der Waals surface area contributed by atoms with Crippen LogP contribution in [-0.4, -0.2) is 60.4 Å². The number of benzene rings is 1. The SMILES string of the molecule is COc1c(-c2ncn(C)n2)cccc1-n1nc(N(C)C(=O)OC(C)(C)C)c2cnc(Cl)nc21. The van der Waals surface area contributed by atoms with Crippen LogP contribution in [0.3, 0.4) is 0 Å². The van der Waals surface area contributed by atoms with Gasteiger partial charge in [-0.3, -0.25) is 9.58 Å². The molecule has 33 heavy (non-hydrogen) atoms. The van der Waals surface area contributed by atoms with Crippen molar-refractivity contribution in [2.45, 2.75) is 26.4 Å². The monoisotopic (exact) mass is 470 g/mol. The van der Waals surface area contributed by atoms with E-state index in [4.69, 9.17) is 21.1 Å². The fourth-order valence-electron chi connectivity index (χ4n) is 3.24. The highest BCUT2D eigenvalue weighted by molar-refractivity contribution is 6.28. The molecule has 11 nitrogen and oxygen atoms in total. The molecule has 0 aliphatic carbocycles. The second kappa shape index (κ2) is 8.32. The summed E-state index contributed by atoms with van der Waals surface area (Å²) in [5.41, 5.74) is 0.953. The van der Waals surface area contributed by atoms with Crippen LogP contribution in [0.5, 0.6) is 5.75 Å². The van der Waals surface area contributed by atoms with Crippen molar-refractivity contribution in [2.75, 3.05) is 19.1 Å². The first-order valence-corrected chi connectivity index (χ1v) is 10.4. The standard InChI is InChI=1S/C21H23ClN8O3/c1-21(2,3)33-20(31)29(5)18-13-10-23-19(22)25-17(13)30(27-18)14-9-7-8-12(15(14)32-6)16-24-11-28(4)26-16/h7-11H,1-6H3. The molecule has 4 aromatic rings. The van der Waals surface area contributed by atoms with Gasteiger partial charge in [0.15, 0.2) is 23.0 Å². The van der Waals surface area contributed by atoms with E-state index in [9.17, 15) is 4.79 Å². The fourth-order valence-corrected chi connectivity index (χ4v) is 3.37. The number of halogens is 1. The number of carbonyl (C=O) groups excluding carboxylic acids is 1. The zero-order valence-electron chi connectivity index (χ0n) is 19.1. The molecule has 0 N–H and O–H groups in total. The largest absolute Gasteiger partial charge is 0.494 e. The summed E-state index contributed by atoms with van der Waals surface area (Å²) >= 11 is 6.10. The molecule has 0 bridgehead atoms. The number of hydrogen-bond acceptors (Lipinski definition) is 8. The molecule has 0 aliphatic heterocycles. The van der Waals surface area contributed by atoms with E-state index in [-0.39, 0.29) is 5.28 Å². The normalized spacial score (nSPS) is 11.6. The van der Waals surface area contributed by atoms with Gasteiger partial charge in [-0.15, -0.1) is 5.10 Å². The second-order valence-corrected chi connectivity index (χ2v) is 8.59. The average Bonchev–Trinajstić information content (AvgIpc) is 3.34. The Kier molecular flexibility index (Phi) is 5.66. The molecule has 172 valence electrons. The van der Waals surface area contributed by atoms with Crippen LogP contribution < -0.4 is 9.64 Å². The molecule has 0 saturated carbocycles. The van der Waals surface area contributed by atoms with E-state index in [0.29, 0.717) is 39.7 Å². The van der Waals surface area contributed by atoms with E-state index in [1.54, 1.807) is 57.7 Å². The number of methoxy groups -OCH3 is 1. The summed E-state index contributed by atoms with van der Waals surface area (Å²) < 4.78 is 14.4. The van der Waals surface area contributed by atoms with E-state index in [2.05, 4.69) is 25.1 Å². The highest BCUT2D eigenvalue weighted by atomic mass is 35.5. The minimum atomic E-state index is -0.670. The summed E-state index contributed by atoms with van der Waals surface area (Å²) in [6.07, 6.45) is 2.55. The number of aryl methyl sites for hydroxylation is 1. The average molecular weight is 471 g/mol. The molecule has 3 heterocycles. The third kappa shape index (κ3) is 4.31. The van der Waals surface area contributed by atoms with E-state index in [0.717, 1.165) is 0 Å². The summed E-state index contributed by atoms with van der Waals surface area (Å²) in [6, 6.07) is 5.49. The van der Waals surface area contributed by atoms with Crippen molar-refractivity contribution >= 4 is 34.5 Å². The van der Waals surface area contributed by atoms with Gasteiger partial charge in [0.2, 0.25) is 5.28 Å². The molecule has 0 fully saturated rings. The van der Waals surface area contributed by atoms with E-state index < -0.39 is 11.7 Å². The molecule has 0 saturated heterocycles. The van der Waals surface area contributed by atoms with Gasteiger partial charge >= 0.3 is 6.09 Å². The van der Waals surface area contributed by atoms with Gasteiger partial charge in [-0.25, -0.2) is 19.4 Å². The minimum absolute atomic E-state index is 0.0386. The number of fused-ring (bicyclic) bond motifs is 1. The number of carbonyl (C=O) groups is 1. The van der Waals surface area contributed by atoms with Crippen molar-refractivity contribution in [3.8, 4) is 22.8 Å². The number of ether oxygens (including phenoxy) is 2. The topological polar surface area (TPSA) is 113 Å². The van der Waals surface area contributed by atoms with Gasteiger partial charge in [-0.2, -0.15) is 10.1 Å². The van der Waals surface area contributed by atoms with Crippen LogP contribution in [0, 0.1) is 0 Å². The third-order valence-electron chi connectivity index (χ3n) is 4.63. The highest BCUT2D eigenvalue weighted by Gasteiger charge is 2.27. The number of para-hydroxylation sites is 1. The van der Waals surface area contributed by atoms with Crippen LogP contribution in [0.4, 0.5) is 10.6 Å². The van der Waals surface area contributed by atoms with E-state index >= 15 is 0 Å². The molecule has 12 heteroatoms. The van der Waals surface area contributed by atoms with Crippen LogP contribution in [0.1, 0.15) is 20.8 Å². The quantitative estimate of drug-likeness (QED) is 0.415. The summed E-state index contributed by atoms with van der Waals surface area (Å²) in [5, 5.41) is 9.57. The number of amides is 1. The van der Waals surface area contributed by atoms with Crippen LogP contribution in [0.2, 0.25) is 5.28 Å². The van der Waals surface area contributed by atoms with E-state index in [1.165, 1.54) is 11.1 Å². The maximum absolute atomic E-state index is 12.7. The Bertz CT molecular complexity index is 1340. The van der Waals surface area contributed by atoms with Crippen molar-refractivity contribution in [3.05, 3.63) is 36.0 Å². The van der Waals surface area contributed by atoms with Crippen molar-refractivity contribution in [2.24, 2.45) is 7.05 Å². The minimum Gasteiger partial charge on any atom is -0.494 e. The Morgan fingerprint density at radius 1 is 1.18 bits per heavy atom. The predicted molar refractivity (Wildman–Crippen MR) is 123 cm³/mol. The zero-order valence-corrected chi connectivity index (χ0v) is 19.8. The Morgan fingerprint density at radius 3 is 2.58 bits per heavy atom. The number of aromatic nitrogens is 7. The maximum atomic E-state index is 12.7. The summed E-state index contributed by atoms with van der Waals surface area (Å²) in [7, 11) is 4.90. The summed E-state index contributed by atoms with van der Waals surface area (Å²) in [4.78, 5) is 26.8. The van der Waals surface area contributed by atoms with Gasteiger partial charge in [-0.05, 0) is 44.5 Å². The molecule has 1 aromatic carbocycles. The molecule has 0 atom stereocenters. The molecule has 1 amide bonds. The first-order chi connectivity index (χ1) is 15.6. The molecule has 0 unspecified atom stereocenters. The Morgan fingerprint density at radius 2 is 1.94 bits per heavy atom. The van der Waals surface area contributed by atoms with Crippen molar-refractivity contribution in [1.82, 2.24) is 34.5 Å². The molecular formula is C21H23ClN8O3. The first-order valence-electron chi connectivity index (χ1n) is 10.0. The summed E-state index contributed by atoms with van der Waals surface area (Å²) in [6.45, 7) is 5.38. The molecule has 0 spiro atoms. The summed E-state index contributed by atoms with van der Waals surface area (Å²) in [5.74, 6) is 1.28. The number of anilines is 1. The lowest BCUT2D eigenvalue weighted by atomic mass is 10.1. The van der Waals surface area contributed by atoms with Gasteiger partial charge in [0, 0.05) is 20.3 Å². The Balaban J connectivity index is 1.91. The van der Waals surface area contributed by atoms with E-state index in [1.807, 2.05) is 18.2 Å². The smallest absolute Gasteiger partial charge is 0.415 e. The Hall–Kier alpha value is -3.73. The number of nitrogens with zero attached hydrogens (tertiary/aromatic N) is 8. The lowest BCUT2D eigenvalue weighted by molar-refractivity contribution is 0.0588. The predicted octanol–water partition coefficient (Wildman–Crippen LogP) is 3.64. The lowest BCUT2D eigenvalue weighted by Gasteiger charge is -2.23. The fraction of sp³-hybridized carbons (Fsp3) is 0.333. The second-order valence-electron chi connectivity index (χ2n) is 8.25. The molecule has 0 aliphatic rings. The highest BCUT2D eigenvalue weighted by Crippen LogP contribution is 2.36. The van der Waals surface area contributed by atoms with Gasteiger partial charge in [0.1, 0.15) is 17.6 Å².